The maximum atomic E-state index is 5.51. The second kappa shape index (κ2) is 8.22. The maximum Gasteiger partial charge on any atom is 0.223 e. The van der Waals surface area contributed by atoms with Crippen molar-refractivity contribution in [1.82, 2.24) is 0 Å². The van der Waals surface area contributed by atoms with Gasteiger partial charge in [0.2, 0.25) is 11.9 Å². The van der Waals surface area contributed by atoms with Crippen LogP contribution in [0.25, 0.3) is 0 Å². The lowest BCUT2D eigenvalue weighted by Gasteiger charge is -1.99. The molecule has 10 nitrogen and oxygen atoms in total. The van der Waals surface area contributed by atoms with Gasteiger partial charge in [0.05, 0.1) is 11.4 Å². The van der Waals surface area contributed by atoms with Gasteiger partial charge in [-0.2, -0.15) is 9.98 Å². The lowest BCUT2D eigenvalue weighted by molar-refractivity contribution is 1.36. The summed E-state index contributed by atoms with van der Waals surface area (Å²) in [5.74, 6) is -0.526. The summed E-state index contributed by atoms with van der Waals surface area (Å²) in [6.45, 7) is 0. The van der Waals surface area contributed by atoms with Crippen LogP contribution in [0, 0.1) is 0 Å². The van der Waals surface area contributed by atoms with Crippen LogP contribution < -0.4 is 34.4 Å². The zero-order valence-corrected chi connectivity index (χ0v) is 11.8. The van der Waals surface area contributed by atoms with Gasteiger partial charge in [0, 0.05) is 0 Å². The van der Waals surface area contributed by atoms with Crippen LogP contribution in [0.15, 0.2) is 44.2 Å². The minimum Gasteiger partial charge on any atom is -0.370 e. The summed E-state index contributed by atoms with van der Waals surface area (Å²) in [4.78, 5) is 15.1. The third-order valence-corrected chi connectivity index (χ3v) is 1.80. The zero-order valence-electron chi connectivity index (χ0n) is 11.0. The van der Waals surface area contributed by atoms with Crippen LogP contribution in [0.2, 0.25) is 0 Å². The molecule has 0 aromatic heterocycles. The molecule has 1 rings (SSSR count). The van der Waals surface area contributed by atoms with Crippen molar-refractivity contribution in [3.63, 3.8) is 0 Å². The van der Waals surface area contributed by atoms with Crippen LogP contribution in [-0.4, -0.2) is 23.8 Å². The summed E-state index contributed by atoms with van der Waals surface area (Å²) in [7, 11) is 0. The Morgan fingerprint density at radius 3 is 1.43 bits per heavy atom. The predicted molar refractivity (Wildman–Crippen MR) is 87.9 cm³/mol. The van der Waals surface area contributed by atoms with Crippen molar-refractivity contribution in [3.8, 4) is 0 Å². The Balaban J connectivity index is 0.00000400. The molecule has 0 aliphatic heterocycles. The monoisotopic (exact) mass is 312 g/mol. The number of aliphatic imine (C=N–C) groups is 4. The molecule has 0 radical (unpaired) electrons. The molecule has 114 valence electrons. The van der Waals surface area contributed by atoms with E-state index in [1.54, 1.807) is 24.3 Å². The lowest BCUT2D eigenvalue weighted by atomic mass is 10.3. The number of rotatable bonds is 2. The second-order valence-corrected chi connectivity index (χ2v) is 3.53. The van der Waals surface area contributed by atoms with Crippen LogP contribution in [0.3, 0.4) is 0 Å². The second-order valence-electron chi connectivity index (χ2n) is 3.53. The molecule has 21 heavy (non-hydrogen) atoms. The van der Waals surface area contributed by atoms with Gasteiger partial charge in [-0.05, 0) is 18.2 Å². The summed E-state index contributed by atoms with van der Waals surface area (Å²) in [6, 6.07) is 6.67. The molecule has 11 heteroatoms. The quantitative estimate of drug-likeness (QED) is 0.284. The van der Waals surface area contributed by atoms with E-state index < -0.39 is 0 Å². The highest BCUT2D eigenvalue weighted by Gasteiger charge is 1.97. The van der Waals surface area contributed by atoms with Crippen molar-refractivity contribution in [3.05, 3.63) is 24.3 Å². The number of guanidine groups is 4. The number of nitrogens with two attached hydrogens (primary N) is 6. The van der Waals surface area contributed by atoms with Gasteiger partial charge in [-0.1, -0.05) is 6.07 Å². The van der Waals surface area contributed by atoms with Gasteiger partial charge in [0.15, 0.2) is 11.9 Å². The molecule has 0 fully saturated rings. The van der Waals surface area contributed by atoms with E-state index in [4.69, 9.17) is 34.4 Å². The lowest BCUT2D eigenvalue weighted by Crippen LogP contribution is -2.26. The van der Waals surface area contributed by atoms with E-state index in [2.05, 4.69) is 20.0 Å². The summed E-state index contributed by atoms with van der Waals surface area (Å²) < 4.78 is 0. The van der Waals surface area contributed by atoms with Crippen molar-refractivity contribution in [2.75, 3.05) is 0 Å². The number of hydrogen-bond donors (Lipinski definition) is 6. The Hall–Kier alpha value is -3.01. The average Bonchev–Trinajstić information content (AvgIpc) is 2.26. The topological polar surface area (TPSA) is 206 Å². The molecule has 1 aromatic carbocycles. The first-order valence-electron chi connectivity index (χ1n) is 5.34. The summed E-state index contributed by atoms with van der Waals surface area (Å²) >= 11 is 0. The molecule has 0 saturated carbocycles. The number of hydrogen-bond acceptors (Lipinski definition) is 2. The van der Waals surface area contributed by atoms with Gasteiger partial charge in [0.1, 0.15) is 0 Å². The van der Waals surface area contributed by atoms with E-state index in [-0.39, 0.29) is 36.2 Å². The van der Waals surface area contributed by atoms with E-state index in [1.807, 2.05) is 0 Å². The fourth-order valence-electron chi connectivity index (χ4n) is 1.21. The molecule has 0 bridgehead atoms. The molecule has 12 N–H and O–H groups in total. The van der Waals surface area contributed by atoms with Crippen LogP contribution >= 0.6 is 12.4 Å². The molecule has 0 atom stereocenters. The van der Waals surface area contributed by atoms with Gasteiger partial charge >= 0.3 is 0 Å². The van der Waals surface area contributed by atoms with Crippen LogP contribution in [0.4, 0.5) is 11.4 Å². The van der Waals surface area contributed by atoms with Crippen molar-refractivity contribution < 1.29 is 0 Å². The molecule has 0 unspecified atom stereocenters. The maximum absolute atomic E-state index is 5.51. The van der Waals surface area contributed by atoms with Crippen LogP contribution in [0.1, 0.15) is 0 Å². The fourth-order valence-corrected chi connectivity index (χ4v) is 1.21. The number of halogens is 1. The van der Waals surface area contributed by atoms with Crippen molar-refractivity contribution >= 4 is 47.6 Å². The molecule has 0 aliphatic rings. The molecular weight excluding hydrogens is 296 g/mol. The smallest absolute Gasteiger partial charge is 0.223 e. The van der Waals surface area contributed by atoms with Crippen LogP contribution in [-0.2, 0) is 0 Å². The van der Waals surface area contributed by atoms with Gasteiger partial charge in [-0.15, -0.1) is 12.4 Å². The zero-order chi connectivity index (χ0) is 15.1. The van der Waals surface area contributed by atoms with E-state index in [9.17, 15) is 0 Å². The largest absolute Gasteiger partial charge is 0.370 e. The third kappa shape index (κ3) is 7.22. The van der Waals surface area contributed by atoms with Crippen molar-refractivity contribution in [1.29, 1.82) is 0 Å². The molecule has 0 amide bonds. The normalized spacial score (nSPS) is 11.2. The standard InChI is InChI=1S/C10H16N10.ClH/c11-7(12)19-9(15)17-5-2-1-3-6(4-5)18-10(16)20-8(13)14;/h1-4H,(H6,11,12,15,17,19)(H6,13,14,16,18,20);1H. The molecule has 0 saturated heterocycles. The third-order valence-electron chi connectivity index (χ3n) is 1.80. The number of nitrogens with zero attached hydrogens (tertiary/aromatic N) is 4. The Bertz CT molecular complexity index is 546. The molecule has 0 heterocycles. The Kier molecular flexibility index (Phi) is 7.04. The molecule has 0 spiro atoms. The van der Waals surface area contributed by atoms with Gasteiger partial charge in [-0.3, -0.25) is 0 Å². The van der Waals surface area contributed by atoms with E-state index in [1.165, 1.54) is 0 Å². The van der Waals surface area contributed by atoms with Crippen LogP contribution in [0.5, 0.6) is 0 Å². The van der Waals surface area contributed by atoms with E-state index >= 15 is 0 Å². The van der Waals surface area contributed by atoms with Crippen molar-refractivity contribution in [2.24, 2.45) is 54.4 Å². The number of benzene rings is 1. The molecule has 0 aliphatic carbocycles. The average molecular weight is 313 g/mol. The van der Waals surface area contributed by atoms with Gasteiger partial charge in [-0.25, -0.2) is 9.98 Å². The highest BCUT2D eigenvalue weighted by atomic mass is 35.5. The Labute approximate surface area is 127 Å². The molecular formula is C10H17ClN10. The molecule has 1 aromatic rings. The Morgan fingerprint density at radius 1 is 0.714 bits per heavy atom. The Morgan fingerprint density at radius 2 is 1.10 bits per heavy atom. The highest BCUT2D eigenvalue weighted by molar-refractivity contribution is 5.94. The SMILES string of the molecule is Cl.NC(N)=NC(N)=Nc1cccc(N=C(N)N=C(N)N)c1. The minimum absolute atomic E-state index is 0. The summed E-state index contributed by atoms with van der Waals surface area (Å²) in [6.07, 6.45) is 0. The summed E-state index contributed by atoms with van der Waals surface area (Å²) in [5, 5.41) is 0. The van der Waals surface area contributed by atoms with Crippen molar-refractivity contribution in [2.45, 2.75) is 0 Å². The van der Waals surface area contributed by atoms with Gasteiger partial charge in [0.25, 0.3) is 0 Å². The summed E-state index contributed by atoms with van der Waals surface area (Å²) in [5.41, 5.74) is 32.7. The van der Waals surface area contributed by atoms with Gasteiger partial charge < -0.3 is 34.4 Å². The van der Waals surface area contributed by atoms with E-state index in [0.29, 0.717) is 11.4 Å². The fraction of sp³-hybridized carbons (Fsp3) is 0. The highest BCUT2D eigenvalue weighted by Crippen LogP contribution is 2.20. The van der Waals surface area contributed by atoms with E-state index in [0.717, 1.165) is 0 Å². The predicted octanol–water partition coefficient (Wildman–Crippen LogP) is -1.45. The first kappa shape index (κ1) is 18.0. The first-order valence-corrected chi connectivity index (χ1v) is 5.34. The first-order chi connectivity index (χ1) is 9.36. The minimum atomic E-state index is -0.183.